The molecule has 0 N–H and O–H groups in total. The first-order valence-corrected chi connectivity index (χ1v) is 4.37. The molecule has 0 spiro atoms. The number of hydrogen-bond acceptors (Lipinski definition) is 6. The van der Waals surface area contributed by atoms with Crippen LogP contribution in [0.3, 0.4) is 0 Å². The van der Waals surface area contributed by atoms with E-state index in [4.69, 9.17) is 0 Å². The minimum Gasteiger partial charge on any atom is -0.435 e. The molecule has 0 rings (SSSR count). The molecular weight excluding hydrogens is 211 g/mol. The molecule has 0 aliphatic carbocycles. The summed E-state index contributed by atoms with van der Waals surface area (Å²) in [6.45, 7) is 2.59. The van der Waals surface area contributed by atoms with Crippen molar-refractivity contribution >= 4 is 12.3 Å². The molecule has 7 heteroatoms. The van der Waals surface area contributed by atoms with Gasteiger partial charge in [0.1, 0.15) is 0 Å². The van der Waals surface area contributed by atoms with Crippen LogP contribution < -0.4 is 0 Å². The molecule has 0 aliphatic heterocycles. The topological polar surface area (TPSA) is 71.1 Å². The van der Waals surface area contributed by atoms with E-state index >= 15 is 0 Å². The van der Waals surface area contributed by atoms with Crippen LogP contribution >= 0.6 is 0 Å². The van der Waals surface area contributed by atoms with Crippen molar-refractivity contribution in [3.8, 4) is 0 Å². The Balaban J connectivity index is 3.60. The largest absolute Gasteiger partial charge is 0.510 e. The van der Waals surface area contributed by atoms with Crippen molar-refractivity contribution in [2.24, 2.45) is 0 Å². The molecule has 0 saturated carbocycles. The Labute approximate surface area is 86.2 Å². The maximum absolute atomic E-state index is 12.7. The molecule has 88 valence electrons. The van der Waals surface area contributed by atoms with Gasteiger partial charge in [0.25, 0.3) is 6.36 Å². The Bertz CT molecular complexity index is 207. The number of carbonyl (C=O) groups excluding carboxylic acids is 2. The van der Waals surface area contributed by atoms with E-state index in [9.17, 15) is 14.0 Å². The van der Waals surface area contributed by atoms with Crippen LogP contribution in [0.15, 0.2) is 0 Å². The standard InChI is InChI=1S/C8H13FO6/c1-3-12-7(10)14-5-6(9)15-8(11)13-4-2/h6H,3-5H2,1-2H3. The van der Waals surface area contributed by atoms with Gasteiger partial charge in [-0.2, -0.15) is 4.39 Å². The summed E-state index contributed by atoms with van der Waals surface area (Å²) in [5.74, 6) is 0. The molecule has 0 bridgehead atoms. The fourth-order valence-electron chi connectivity index (χ4n) is 0.583. The second kappa shape index (κ2) is 7.84. The van der Waals surface area contributed by atoms with Crippen molar-refractivity contribution in [3.63, 3.8) is 0 Å². The summed E-state index contributed by atoms with van der Waals surface area (Å²) in [5, 5.41) is 0. The fraction of sp³-hybridized carbons (Fsp3) is 0.750. The van der Waals surface area contributed by atoms with Gasteiger partial charge >= 0.3 is 12.3 Å². The smallest absolute Gasteiger partial charge is 0.435 e. The van der Waals surface area contributed by atoms with E-state index in [0.717, 1.165) is 0 Å². The quantitative estimate of drug-likeness (QED) is 0.661. The van der Waals surface area contributed by atoms with Gasteiger partial charge in [-0.1, -0.05) is 0 Å². The lowest BCUT2D eigenvalue weighted by Crippen LogP contribution is -2.22. The number of rotatable bonds is 5. The zero-order chi connectivity index (χ0) is 11.7. The number of hydrogen-bond donors (Lipinski definition) is 0. The highest BCUT2D eigenvalue weighted by molar-refractivity contribution is 5.60. The number of halogens is 1. The molecule has 1 unspecified atom stereocenters. The third kappa shape index (κ3) is 7.53. The molecule has 0 fully saturated rings. The van der Waals surface area contributed by atoms with E-state index in [2.05, 4.69) is 18.9 Å². The third-order valence-electron chi connectivity index (χ3n) is 1.08. The highest BCUT2D eigenvalue weighted by Gasteiger charge is 2.16. The molecule has 15 heavy (non-hydrogen) atoms. The average Bonchev–Trinajstić information content (AvgIpc) is 2.15. The van der Waals surface area contributed by atoms with Crippen molar-refractivity contribution < 1.29 is 32.9 Å². The third-order valence-corrected chi connectivity index (χ3v) is 1.08. The number of ether oxygens (including phenoxy) is 4. The molecule has 0 radical (unpaired) electrons. The van der Waals surface area contributed by atoms with Crippen LogP contribution in [-0.2, 0) is 18.9 Å². The molecule has 6 nitrogen and oxygen atoms in total. The Morgan fingerprint density at radius 2 is 1.60 bits per heavy atom. The Kier molecular flexibility index (Phi) is 7.04. The van der Waals surface area contributed by atoms with E-state index in [0.29, 0.717) is 0 Å². The van der Waals surface area contributed by atoms with Crippen LogP contribution in [0.1, 0.15) is 13.8 Å². The summed E-state index contributed by atoms with van der Waals surface area (Å²) in [7, 11) is 0. The van der Waals surface area contributed by atoms with Gasteiger partial charge in [-0.25, -0.2) is 9.59 Å². The van der Waals surface area contributed by atoms with Crippen molar-refractivity contribution in [2.75, 3.05) is 19.8 Å². The Morgan fingerprint density at radius 3 is 2.13 bits per heavy atom. The van der Waals surface area contributed by atoms with Crippen molar-refractivity contribution in [1.29, 1.82) is 0 Å². The molecule has 1 atom stereocenters. The van der Waals surface area contributed by atoms with Gasteiger partial charge in [-0.05, 0) is 13.8 Å². The summed E-state index contributed by atoms with van der Waals surface area (Å²) in [6.07, 6.45) is -4.24. The summed E-state index contributed by atoms with van der Waals surface area (Å²) in [6, 6.07) is 0. The van der Waals surface area contributed by atoms with Gasteiger partial charge in [0.05, 0.1) is 13.2 Å². The average molecular weight is 224 g/mol. The van der Waals surface area contributed by atoms with Crippen LogP contribution in [0, 0.1) is 0 Å². The SMILES string of the molecule is CCOC(=O)OCC(F)OC(=O)OCC. The van der Waals surface area contributed by atoms with Crippen LogP contribution in [0.5, 0.6) is 0 Å². The second-order valence-electron chi connectivity index (χ2n) is 2.20. The second-order valence-corrected chi connectivity index (χ2v) is 2.20. The van der Waals surface area contributed by atoms with Crippen LogP contribution in [0.2, 0.25) is 0 Å². The lowest BCUT2D eigenvalue weighted by molar-refractivity contribution is -0.0669. The summed E-state index contributed by atoms with van der Waals surface area (Å²) in [5.41, 5.74) is 0. The molecule has 0 aromatic heterocycles. The molecule has 0 aliphatic rings. The van der Waals surface area contributed by atoms with Gasteiger partial charge in [-0.3, -0.25) is 0 Å². The fourth-order valence-corrected chi connectivity index (χ4v) is 0.583. The Morgan fingerprint density at radius 1 is 1.07 bits per heavy atom. The number of alkyl halides is 1. The van der Waals surface area contributed by atoms with Crippen molar-refractivity contribution in [1.82, 2.24) is 0 Å². The molecule has 0 saturated heterocycles. The van der Waals surface area contributed by atoms with Gasteiger partial charge in [0.15, 0.2) is 6.61 Å². The van der Waals surface area contributed by atoms with Crippen molar-refractivity contribution in [2.45, 2.75) is 20.2 Å². The number of carbonyl (C=O) groups is 2. The monoisotopic (exact) mass is 224 g/mol. The molecule has 0 aromatic rings. The van der Waals surface area contributed by atoms with Gasteiger partial charge in [-0.15, -0.1) is 0 Å². The van der Waals surface area contributed by atoms with Crippen molar-refractivity contribution in [3.05, 3.63) is 0 Å². The zero-order valence-corrected chi connectivity index (χ0v) is 8.53. The van der Waals surface area contributed by atoms with E-state index in [1.165, 1.54) is 0 Å². The van der Waals surface area contributed by atoms with Crippen LogP contribution in [0.25, 0.3) is 0 Å². The predicted molar refractivity (Wildman–Crippen MR) is 46.0 cm³/mol. The van der Waals surface area contributed by atoms with Gasteiger partial charge < -0.3 is 18.9 Å². The lowest BCUT2D eigenvalue weighted by Gasteiger charge is -2.09. The highest BCUT2D eigenvalue weighted by Crippen LogP contribution is 1.99. The molecule has 0 aromatic carbocycles. The molecular formula is C8H13FO6. The van der Waals surface area contributed by atoms with E-state index in [1.807, 2.05) is 0 Å². The minimum atomic E-state index is -2.06. The first-order valence-electron chi connectivity index (χ1n) is 4.37. The minimum absolute atomic E-state index is 0.0737. The van der Waals surface area contributed by atoms with E-state index in [-0.39, 0.29) is 13.2 Å². The van der Waals surface area contributed by atoms with E-state index < -0.39 is 25.3 Å². The summed E-state index contributed by atoms with van der Waals surface area (Å²) in [4.78, 5) is 21.1. The first kappa shape index (κ1) is 13.5. The summed E-state index contributed by atoms with van der Waals surface area (Å²) < 4.78 is 29.7. The summed E-state index contributed by atoms with van der Waals surface area (Å²) >= 11 is 0. The predicted octanol–water partition coefficient (Wildman–Crippen LogP) is 1.63. The first-order chi connectivity index (χ1) is 7.10. The Hall–Kier alpha value is -1.53. The van der Waals surface area contributed by atoms with Gasteiger partial charge in [0, 0.05) is 0 Å². The van der Waals surface area contributed by atoms with Crippen LogP contribution in [0.4, 0.5) is 14.0 Å². The van der Waals surface area contributed by atoms with E-state index in [1.54, 1.807) is 13.8 Å². The maximum atomic E-state index is 12.7. The molecule has 0 amide bonds. The molecule has 0 heterocycles. The highest BCUT2D eigenvalue weighted by atomic mass is 19.1. The zero-order valence-electron chi connectivity index (χ0n) is 8.53. The van der Waals surface area contributed by atoms with Gasteiger partial charge in [0.2, 0.25) is 0 Å². The normalized spacial score (nSPS) is 11.4. The maximum Gasteiger partial charge on any atom is 0.510 e. The lowest BCUT2D eigenvalue weighted by atomic mass is 10.7. The van der Waals surface area contributed by atoms with Crippen LogP contribution in [-0.4, -0.2) is 38.5 Å².